The van der Waals surface area contributed by atoms with Gasteiger partial charge >= 0.3 is 54.3 Å². The van der Waals surface area contributed by atoms with Gasteiger partial charge in [-0.25, -0.2) is 0 Å². The van der Waals surface area contributed by atoms with Crippen molar-refractivity contribution in [2.75, 3.05) is 0 Å². The maximum Gasteiger partial charge on any atom is 4.00 e. The summed E-state index contributed by atoms with van der Waals surface area (Å²) in [5, 5.41) is 0. The van der Waals surface area contributed by atoms with E-state index in [9.17, 15) is 0 Å². The first-order chi connectivity index (χ1) is 0. The van der Waals surface area contributed by atoms with Crippen LogP contribution >= 0.6 is 0 Å². The molecule has 0 rings (SSSR count). The molecule has 0 heterocycles. The predicted molar refractivity (Wildman–Crippen MR) is 15.5 cm³/mol. The molecule has 81 valence electrons. The zero-order chi connectivity index (χ0) is 0. The molecule has 0 atom stereocenters. The minimum Gasteiger partial charge on any atom is -0.870 e. The molecule has 0 aliphatic rings. The van der Waals surface area contributed by atoms with Gasteiger partial charge in [0.2, 0.25) is 0 Å². The van der Waals surface area contributed by atoms with Crippen LogP contribution in [0.5, 0.6) is 0 Å². The van der Waals surface area contributed by atoms with Crippen LogP contribution in [0.15, 0.2) is 0 Å². The molecular weight excluding hydrogens is 342 g/mol. The first-order valence-electron chi connectivity index (χ1n) is 0. The molecule has 0 amide bonds. The maximum absolute atomic E-state index is 0. The van der Waals surface area contributed by atoms with Crippen LogP contribution in [0.2, 0.25) is 0 Å². The molecule has 0 aromatic carbocycles. The third-order valence-corrected chi connectivity index (χ3v) is 0. The summed E-state index contributed by atoms with van der Waals surface area (Å²) < 4.78 is 0. The van der Waals surface area contributed by atoms with Crippen molar-refractivity contribution < 1.29 is 98.1 Å². The molecule has 0 aromatic heterocycles. The van der Waals surface area contributed by atoms with E-state index in [1.54, 1.807) is 0 Å². The predicted octanol–water partition coefficient (Wildman–Crippen LogP) is -1.42. The molecule has 0 aromatic rings. The normalized spacial score (nSPS) is 0. The van der Waals surface area contributed by atoms with E-state index in [-0.39, 0.29) is 98.1 Å². The Bertz CT molecular complexity index is 14.1. The van der Waals surface area contributed by atoms with Crippen molar-refractivity contribution in [1.82, 2.24) is 0 Å². The first kappa shape index (κ1) is 854. The van der Waals surface area contributed by atoms with Gasteiger partial charge in [0.25, 0.3) is 0 Å². The van der Waals surface area contributed by atoms with E-state index in [2.05, 4.69) is 0 Å². The minimum absolute atomic E-state index is 0. The third kappa shape index (κ3) is 533. The van der Waals surface area contributed by atoms with E-state index < -0.39 is 0 Å². The van der Waals surface area contributed by atoms with Gasteiger partial charge < -0.3 is 43.8 Å². The van der Waals surface area contributed by atoms with Crippen LogP contribution in [0.4, 0.5) is 0 Å². The zero-order valence-electron chi connectivity index (χ0n) is 4.64. The van der Waals surface area contributed by atoms with E-state index in [4.69, 9.17) is 0 Å². The Morgan fingerprint density at radius 1 is 0.364 bits per heavy atom. The van der Waals surface area contributed by atoms with Crippen molar-refractivity contribution in [2.45, 2.75) is 0 Å². The van der Waals surface area contributed by atoms with Crippen LogP contribution in [0.25, 0.3) is 0 Å². The van der Waals surface area contributed by atoms with Gasteiger partial charge in [-0.3, -0.25) is 0 Å². The summed E-state index contributed by atoms with van der Waals surface area (Å²) >= 11 is 0. The van der Waals surface area contributed by atoms with Gasteiger partial charge in [-0.2, -0.15) is 0 Å². The Kier molecular flexibility index (Phi) is 50700. The van der Waals surface area contributed by atoms with E-state index in [1.807, 2.05) is 0 Å². The quantitative estimate of drug-likeness (QED) is 0.468. The average molecular weight is 350 g/mol. The summed E-state index contributed by atoms with van der Waals surface area (Å²) in [7, 11) is 0. The van der Waals surface area contributed by atoms with Gasteiger partial charge in [0.15, 0.2) is 0 Å². The van der Waals surface area contributed by atoms with Crippen LogP contribution in [0.3, 0.4) is 0 Å². The van der Waals surface area contributed by atoms with Crippen LogP contribution in [-0.2, 0) is 54.3 Å². The topological polar surface area (TPSA) is 240 Å². The average Bonchev–Trinajstić information content (AvgIpc) is 0. The van der Waals surface area contributed by atoms with Crippen molar-refractivity contribution in [3.8, 4) is 0 Å². The SMILES string of the molecule is [Co+2].[Mo+4].[Ni+2].[OH-].[OH-].[OH-].[OH-].[OH-].[OH-].[OH-].[OH-]. The summed E-state index contributed by atoms with van der Waals surface area (Å²) in [6.07, 6.45) is 0. The van der Waals surface area contributed by atoms with Gasteiger partial charge in [-0.05, 0) is 0 Å². The summed E-state index contributed by atoms with van der Waals surface area (Å²) in [5.41, 5.74) is 0. The zero-order valence-corrected chi connectivity index (χ0v) is 8.67. The molecule has 0 spiro atoms. The van der Waals surface area contributed by atoms with Gasteiger partial charge in [0.05, 0.1) is 0 Å². The molecule has 0 fully saturated rings. The summed E-state index contributed by atoms with van der Waals surface area (Å²) in [6, 6.07) is 0. The van der Waals surface area contributed by atoms with Crippen molar-refractivity contribution in [2.24, 2.45) is 0 Å². The Morgan fingerprint density at radius 2 is 0.364 bits per heavy atom. The van der Waals surface area contributed by atoms with Gasteiger partial charge in [0.1, 0.15) is 0 Å². The second kappa shape index (κ2) is 653. The molecule has 0 saturated carbocycles. The van der Waals surface area contributed by atoms with Gasteiger partial charge in [-0.1, -0.05) is 0 Å². The Labute approximate surface area is 98.0 Å². The number of hydrogen-bond donors (Lipinski definition) is 0. The molecule has 0 unspecified atom stereocenters. The maximum atomic E-state index is 0. The van der Waals surface area contributed by atoms with Crippen LogP contribution in [-0.4, -0.2) is 43.8 Å². The van der Waals surface area contributed by atoms with Crippen LogP contribution in [0.1, 0.15) is 0 Å². The minimum atomic E-state index is 0. The molecule has 8 N–H and O–H groups in total. The first-order valence-corrected chi connectivity index (χ1v) is 0. The smallest absolute Gasteiger partial charge is 0.870 e. The largest absolute Gasteiger partial charge is 4.00 e. The van der Waals surface area contributed by atoms with E-state index in [0.29, 0.717) is 0 Å². The molecule has 8 nitrogen and oxygen atoms in total. The Balaban J connectivity index is 0. The van der Waals surface area contributed by atoms with Gasteiger partial charge in [0, 0.05) is 0 Å². The van der Waals surface area contributed by atoms with Crippen molar-refractivity contribution in [3.05, 3.63) is 0 Å². The fraction of sp³-hybridized carbons (Fsp3) is 0. The molecule has 0 aliphatic carbocycles. The molecule has 0 saturated heterocycles. The van der Waals surface area contributed by atoms with Crippen LogP contribution < -0.4 is 0 Å². The van der Waals surface area contributed by atoms with Crippen molar-refractivity contribution >= 4 is 0 Å². The summed E-state index contributed by atoms with van der Waals surface area (Å²) in [5.74, 6) is 0. The molecule has 0 bridgehead atoms. The molecule has 11 heavy (non-hydrogen) atoms. The monoisotopic (exact) mass is 351 g/mol. The second-order valence-corrected chi connectivity index (χ2v) is 0. The molecule has 1 radical (unpaired) electrons. The van der Waals surface area contributed by atoms with E-state index in [0.717, 1.165) is 0 Å². The fourth-order valence-electron chi connectivity index (χ4n) is 0. The third-order valence-electron chi connectivity index (χ3n) is 0. The Morgan fingerprint density at radius 3 is 0.364 bits per heavy atom. The van der Waals surface area contributed by atoms with Crippen LogP contribution in [0, 0.1) is 0 Å². The molecular formula is H8CoMoNiO8. The van der Waals surface area contributed by atoms with E-state index in [1.165, 1.54) is 0 Å². The summed E-state index contributed by atoms with van der Waals surface area (Å²) in [6.45, 7) is 0. The molecule has 0 aliphatic heterocycles. The van der Waals surface area contributed by atoms with Gasteiger partial charge in [-0.15, -0.1) is 0 Å². The van der Waals surface area contributed by atoms with E-state index >= 15 is 0 Å². The Hall–Kier alpha value is 1.37. The summed E-state index contributed by atoms with van der Waals surface area (Å²) in [4.78, 5) is 0. The van der Waals surface area contributed by atoms with Crippen molar-refractivity contribution in [3.63, 3.8) is 0 Å². The molecule has 11 heteroatoms. The fourth-order valence-corrected chi connectivity index (χ4v) is 0. The number of rotatable bonds is 0. The number of hydrogen-bond acceptors (Lipinski definition) is 8. The second-order valence-electron chi connectivity index (χ2n) is 0. The van der Waals surface area contributed by atoms with Crippen molar-refractivity contribution in [1.29, 1.82) is 0 Å². The standard InChI is InChI=1S/Co.Mo.Ni.8H2O/h;;;8*1H2/q+2;+4;+2;;;;;;;;/p-8.